The number of aryl methyl sites for hydroxylation is 1. The monoisotopic (exact) mass is 480 g/mol. The Balaban J connectivity index is 1.08. The molecule has 33 heavy (non-hydrogen) atoms. The van der Waals surface area contributed by atoms with E-state index in [1.54, 1.807) is 0 Å². The molecule has 3 heterocycles. The zero-order valence-electron chi connectivity index (χ0n) is 18.4. The summed E-state index contributed by atoms with van der Waals surface area (Å²) < 4.78 is 1.95. The third-order valence-corrected chi connectivity index (χ3v) is 7.00. The molecule has 170 valence electrons. The molecule has 2 aromatic heterocycles. The van der Waals surface area contributed by atoms with Crippen molar-refractivity contribution in [2.24, 2.45) is 0 Å². The van der Waals surface area contributed by atoms with E-state index in [-0.39, 0.29) is 0 Å². The van der Waals surface area contributed by atoms with Gasteiger partial charge in [-0.15, -0.1) is 5.10 Å². The van der Waals surface area contributed by atoms with Crippen LogP contribution >= 0.6 is 23.2 Å². The van der Waals surface area contributed by atoms with Crippen molar-refractivity contribution in [2.45, 2.75) is 19.4 Å². The lowest BCUT2D eigenvalue weighted by atomic mass is 10.1. The molecule has 4 aromatic rings. The van der Waals surface area contributed by atoms with Crippen molar-refractivity contribution in [3.63, 3.8) is 0 Å². The van der Waals surface area contributed by atoms with E-state index in [0.29, 0.717) is 10.0 Å². The number of hydrogen-bond donors (Lipinski definition) is 0. The van der Waals surface area contributed by atoms with E-state index in [9.17, 15) is 0 Å². The summed E-state index contributed by atoms with van der Waals surface area (Å²) in [6.07, 6.45) is 6.05. The average Bonchev–Trinajstić information content (AvgIpc) is 3.33. The number of aromatic nitrogens is 4. The fourth-order valence-corrected chi connectivity index (χ4v) is 4.75. The van der Waals surface area contributed by atoms with Crippen LogP contribution in [0.15, 0.2) is 60.9 Å². The van der Waals surface area contributed by atoms with E-state index in [2.05, 4.69) is 43.3 Å². The molecule has 0 saturated carbocycles. The lowest BCUT2D eigenvalue weighted by molar-refractivity contribution is 0.250. The van der Waals surface area contributed by atoms with E-state index in [4.69, 9.17) is 23.2 Å². The van der Waals surface area contributed by atoms with Gasteiger partial charge in [0.05, 0.1) is 27.4 Å². The Hall–Kier alpha value is -2.67. The quantitative estimate of drug-likeness (QED) is 0.331. The van der Waals surface area contributed by atoms with Crippen LogP contribution in [0, 0.1) is 0 Å². The molecule has 0 aliphatic carbocycles. The number of anilines is 1. The van der Waals surface area contributed by atoms with Gasteiger partial charge in [-0.2, -0.15) is 0 Å². The van der Waals surface area contributed by atoms with Gasteiger partial charge in [-0.1, -0.05) is 46.6 Å². The molecule has 0 unspecified atom stereocenters. The second-order valence-electron chi connectivity index (χ2n) is 8.39. The molecule has 1 fully saturated rings. The van der Waals surface area contributed by atoms with Gasteiger partial charge in [-0.3, -0.25) is 14.6 Å². The Morgan fingerprint density at radius 1 is 0.879 bits per heavy atom. The van der Waals surface area contributed by atoms with Crippen LogP contribution in [0.5, 0.6) is 0 Å². The van der Waals surface area contributed by atoms with E-state index in [0.717, 1.165) is 80.0 Å². The van der Waals surface area contributed by atoms with Gasteiger partial charge < -0.3 is 4.90 Å². The molecule has 1 saturated heterocycles. The fourth-order valence-electron chi connectivity index (χ4n) is 4.33. The number of hydrogen-bond acceptors (Lipinski definition) is 5. The van der Waals surface area contributed by atoms with E-state index < -0.39 is 0 Å². The first-order valence-corrected chi connectivity index (χ1v) is 12.1. The molecular formula is C25H26Cl2N6. The minimum absolute atomic E-state index is 0.616. The van der Waals surface area contributed by atoms with Crippen LogP contribution in [-0.4, -0.2) is 57.6 Å². The van der Waals surface area contributed by atoms with Crippen molar-refractivity contribution < 1.29 is 0 Å². The second-order valence-corrected chi connectivity index (χ2v) is 9.17. The van der Waals surface area contributed by atoms with Crippen molar-refractivity contribution in [1.29, 1.82) is 0 Å². The minimum Gasteiger partial charge on any atom is -0.368 e. The van der Waals surface area contributed by atoms with E-state index >= 15 is 0 Å². The summed E-state index contributed by atoms with van der Waals surface area (Å²) in [7, 11) is 0. The smallest absolute Gasteiger partial charge is 0.113 e. The molecule has 0 radical (unpaired) electrons. The van der Waals surface area contributed by atoms with Gasteiger partial charge in [0.2, 0.25) is 0 Å². The van der Waals surface area contributed by atoms with Gasteiger partial charge >= 0.3 is 0 Å². The number of pyridine rings is 1. The molecule has 1 aliphatic rings. The molecule has 0 spiro atoms. The van der Waals surface area contributed by atoms with Crippen LogP contribution in [0.4, 0.5) is 5.69 Å². The Morgan fingerprint density at radius 2 is 1.73 bits per heavy atom. The molecule has 0 N–H and O–H groups in total. The largest absolute Gasteiger partial charge is 0.368 e. The maximum Gasteiger partial charge on any atom is 0.113 e. The normalized spacial score (nSPS) is 14.8. The maximum atomic E-state index is 6.39. The van der Waals surface area contributed by atoms with Gasteiger partial charge in [-0.25, -0.2) is 0 Å². The third kappa shape index (κ3) is 5.13. The van der Waals surface area contributed by atoms with Gasteiger partial charge in [0.25, 0.3) is 0 Å². The van der Waals surface area contributed by atoms with E-state index in [1.165, 1.54) is 0 Å². The molecular weight excluding hydrogens is 455 g/mol. The molecule has 2 aromatic carbocycles. The standard InChI is InChI=1S/C25H26Cl2N6/c26-21-6-3-7-24(25(21)27)32-15-13-31(14-16-32)11-1-2-12-33-18-23(29-30-33)20-8-9-22-19(17-20)5-4-10-28-22/h3-10,17-18H,1-2,11-16H2. The molecule has 0 atom stereocenters. The number of piperazine rings is 1. The summed E-state index contributed by atoms with van der Waals surface area (Å²) >= 11 is 12.6. The first-order valence-electron chi connectivity index (χ1n) is 11.3. The predicted octanol–water partition coefficient (Wildman–Crippen LogP) is 5.40. The van der Waals surface area contributed by atoms with Gasteiger partial charge in [0, 0.05) is 49.9 Å². The number of benzene rings is 2. The zero-order chi connectivity index (χ0) is 22.6. The fraction of sp³-hybridized carbons (Fsp3) is 0.320. The second kappa shape index (κ2) is 10.1. The summed E-state index contributed by atoms with van der Waals surface area (Å²) in [5.74, 6) is 0. The van der Waals surface area contributed by atoms with E-state index in [1.807, 2.05) is 47.4 Å². The van der Waals surface area contributed by atoms with Gasteiger partial charge in [0.15, 0.2) is 0 Å². The van der Waals surface area contributed by atoms with Crippen LogP contribution in [-0.2, 0) is 6.54 Å². The lowest BCUT2D eigenvalue weighted by Gasteiger charge is -2.36. The molecule has 0 bridgehead atoms. The highest BCUT2D eigenvalue weighted by atomic mass is 35.5. The molecule has 5 rings (SSSR count). The van der Waals surface area contributed by atoms with Crippen LogP contribution in [0.25, 0.3) is 22.2 Å². The predicted molar refractivity (Wildman–Crippen MR) is 135 cm³/mol. The van der Waals surface area contributed by atoms with Crippen LogP contribution in [0.2, 0.25) is 10.0 Å². The van der Waals surface area contributed by atoms with Crippen molar-refractivity contribution >= 4 is 39.8 Å². The Morgan fingerprint density at radius 3 is 2.61 bits per heavy atom. The maximum absolute atomic E-state index is 6.39. The molecule has 8 heteroatoms. The summed E-state index contributed by atoms with van der Waals surface area (Å²) in [4.78, 5) is 9.22. The summed E-state index contributed by atoms with van der Waals surface area (Å²) in [6, 6.07) is 16.1. The minimum atomic E-state index is 0.616. The average molecular weight is 481 g/mol. The van der Waals surface area contributed by atoms with Crippen molar-refractivity contribution in [1.82, 2.24) is 24.9 Å². The van der Waals surface area contributed by atoms with Crippen molar-refractivity contribution in [3.05, 3.63) is 71.0 Å². The first-order chi connectivity index (χ1) is 16.2. The number of nitrogens with zero attached hydrogens (tertiary/aromatic N) is 6. The summed E-state index contributed by atoms with van der Waals surface area (Å²) in [5.41, 5.74) is 3.99. The van der Waals surface area contributed by atoms with Crippen LogP contribution < -0.4 is 4.90 Å². The van der Waals surface area contributed by atoms with Crippen LogP contribution in [0.3, 0.4) is 0 Å². The zero-order valence-corrected chi connectivity index (χ0v) is 19.9. The summed E-state index contributed by atoms with van der Waals surface area (Å²) in [6.45, 7) is 5.97. The van der Waals surface area contributed by atoms with Crippen molar-refractivity contribution in [2.75, 3.05) is 37.6 Å². The molecule has 1 aliphatic heterocycles. The van der Waals surface area contributed by atoms with Crippen molar-refractivity contribution in [3.8, 4) is 11.3 Å². The van der Waals surface area contributed by atoms with Gasteiger partial charge in [-0.05, 0) is 49.7 Å². The third-order valence-electron chi connectivity index (χ3n) is 6.19. The lowest BCUT2D eigenvalue weighted by Crippen LogP contribution is -2.46. The summed E-state index contributed by atoms with van der Waals surface area (Å²) in [5, 5.41) is 11.1. The van der Waals surface area contributed by atoms with Gasteiger partial charge in [0.1, 0.15) is 5.69 Å². The number of fused-ring (bicyclic) bond motifs is 1. The number of unbranched alkanes of at least 4 members (excludes halogenated alkanes) is 1. The number of halogens is 2. The Labute approximate surface area is 203 Å². The molecule has 0 amide bonds. The van der Waals surface area contributed by atoms with Crippen LogP contribution in [0.1, 0.15) is 12.8 Å². The highest BCUT2D eigenvalue weighted by Crippen LogP contribution is 2.32. The highest BCUT2D eigenvalue weighted by molar-refractivity contribution is 6.43. The topological polar surface area (TPSA) is 50.1 Å². The number of rotatable bonds is 7. The Kier molecular flexibility index (Phi) is 6.76. The molecule has 6 nitrogen and oxygen atoms in total. The first kappa shape index (κ1) is 22.1. The Bertz CT molecular complexity index is 1230. The SMILES string of the molecule is Clc1cccc(N2CCN(CCCCn3cc(-c4ccc5ncccc5c4)nn3)CC2)c1Cl. The highest BCUT2D eigenvalue weighted by Gasteiger charge is 2.19.